The molecule has 3 fully saturated rings. The number of ether oxygens (including phenoxy) is 3. The highest BCUT2D eigenvalue weighted by atomic mass is 16.6. The Balaban J connectivity index is 1.33. The molecule has 0 radical (unpaired) electrons. The predicted octanol–water partition coefficient (Wildman–Crippen LogP) is 2.89. The van der Waals surface area contributed by atoms with Crippen molar-refractivity contribution in [3.8, 4) is 17.2 Å². The molecule has 0 unspecified atom stereocenters. The number of carbonyl (C=O) groups is 2. The van der Waals surface area contributed by atoms with Crippen molar-refractivity contribution in [2.24, 2.45) is 34.7 Å². The van der Waals surface area contributed by atoms with E-state index in [1.54, 1.807) is 45.6 Å². The number of hydrogen-bond acceptors (Lipinski definition) is 7. The lowest BCUT2D eigenvalue weighted by Crippen LogP contribution is -2.41. The average molecular weight is 448 g/mol. The lowest BCUT2D eigenvalue weighted by molar-refractivity contribution is -0.125. The topological polar surface area (TPSA) is 86.7 Å². The molecule has 8 heteroatoms. The molecule has 170 valence electrons. The Bertz CT molecular complexity index is 1180. The Morgan fingerprint density at radius 2 is 1.52 bits per heavy atom. The summed E-state index contributed by atoms with van der Waals surface area (Å²) in [5.74, 6) is 0.931. The smallest absolute Gasteiger partial charge is 0.238 e. The van der Waals surface area contributed by atoms with Crippen LogP contribution >= 0.6 is 0 Å². The minimum Gasteiger partial charge on any atom is -0.497 e. The molecule has 2 aromatic rings. The van der Waals surface area contributed by atoms with Crippen molar-refractivity contribution in [3.05, 3.63) is 48.0 Å². The van der Waals surface area contributed by atoms with Gasteiger partial charge >= 0.3 is 0 Å². The molecule has 33 heavy (non-hydrogen) atoms. The van der Waals surface area contributed by atoms with Gasteiger partial charge in [-0.3, -0.25) is 14.5 Å². The minimum atomic E-state index is -0.363. The molecule has 2 aliphatic carbocycles. The van der Waals surface area contributed by atoms with Crippen molar-refractivity contribution >= 4 is 23.2 Å². The zero-order chi connectivity index (χ0) is 22.9. The number of imide groups is 1. The number of oxime groups is 1. The van der Waals surface area contributed by atoms with Gasteiger partial charge in [-0.05, 0) is 48.7 Å². The molecule has 2 aliphatic heterocycles. The number of anilines is 1. The number of carbonyl (C=O) groups excluding carboxylic acids is 2. The average Bonchev–Trinajstić information content (AvgIpc) is 3.59. The molecule has 2 bridgehead atoms. The molecule has 6 atom stereocenters. The molecule has 2 heterocycles. The van der Waals surface area contributed by atoms with Crippen molar-refractivity contribution < 1.29 is 28.6 Å². The number of benzene rings is 2. The number of nitrogens with zero attached hydrogens (tertiary/aromatic N) is 2. The third-order valence-electron chi connectivity index (χ3n) is 7.71. The molecule has 8 nitrogen and oxygen atoms in total. The number of methoxy groups -OCH3 is 3. The largest absolute Gasteiger partial charge is 0.497 e. The Hall–Kier alpha value is -3.55. The molecular formula is C25H24N2O6. The maximum Gasteiger partial charge on any atom is 0.238 e. The summed E-state index contributed by atoms with van der Waals surface area (Å²) in [6.45, 7) is 0. The monoisotopic (exact) mass is 448 g/mol. The molecule has 2 aromatic carbocycles. The third-order valence-corrected chi connectivity index (χ3v) is 7.71. The van der Waals surface area contributed by atoms with Crippen LogP contribution in [-0.2, 0) is 14.4 Å². The van der Waals surface area contributed by atoms with Gasteiger partial charge in [0.05, 0.1) is 44.6 Å². The highest BCUT2D eigenvalue weighted by molar-refractivity contribution is 6.23. The van der Waals surface area contributed by atoms with E-state index in [-0.39, 0.29) is 47.5 Å². The highest BCUT2D eigenvalue weighted by Crippen LogP contribution is 2.62. The molecule has 1 saturated heterocycles. The Morgan fingerprint density at radius 3 is 2.18 bits per heavy atom. The van der Waals surface area contributed by atoms with Crippen molar-refractivity contribution in [3.63, 3.8) is 0 Å². The summed E-state index contributed by atoms with van der Waals surface area (Å²) in [6.07, 6.45) is 0.585. The lowest BCUT2D eigenvalue weighted by Gasteiger charge is -2.30. The van der Waals surface area contributed by atoms with Crippen LogP contribution in [0.4, 0.5) is 5.69 Å². The summed E-state index contributed by atoms with van der Waals surface area (Å²) in [4.78, 5) is 34.2. The van der Waals surface area contributed by atoms with E-state index < -0.39 is 0 Å². The van der Waals surface area contributed by atoms with Gasteiger partial charge in [-0.25, -0.2) is 0 Å². The lowest BCUT2D eigenvalue weighted by atomic mass is 9.71. The van der Waals surface area contributed by atoms with Gasteiger partial charge in [0, 0.05) is 23.5 Å². The van der Waals surface area contributed by atoms with Crippen LogP contribution in [0.3, 0.4) is 0 Å². The van der Waals surface area contributed by atoms with Crippen LogP contribution < -0.4 is 19.1 Å². The Labute approximate surface area is 191 Å². The fourth-order valence-corrected chi connectivity index (χ4v) is 6.34. The second-order valence-corrected chi connectivity index (χ2v) is 8.96. The quantitative estimate of drug-likeness (QED) is 0.654. The zero-order valence-corrected chi connectivity index (χ0v) is 18.6. The van der Waals surface area contributed by atoms with E-state index in [2.05, 4.69) is 5.16 Å². The first kappa shape index (κ1) is 20.1. The van der Waals surface area contributed by atoms with Gasteiger partial charge in [-0.1, -0.05) is 5.16 Å². The standard InChI is InChI=1S/C25H24N2O6/c1-30-13-6-4-12(5-7-13)27-24(28)19-16-11-17(20(19)25(27)29)23-21(16)22(26-33-23)15-9-8-14(31-2)10-18(15)32-3/h4-10,16-17,19-21,23H,11H2,1-3H3/t16-,17-,19-,20-,21-,23+/m0/s1. The first-order chi connectivity index (χ1) is 16.1. The summed E-state index contributed by atoms with van der Waals surface area (Å²) in [7, 11) is 4.79. The fourth-order valence-electron chi connectivity index (χ4n) is 6.34. The van der Waals surface area contributed by atoms with E-state index in [1.165, 1.54) is 4.90 Å². The Kier molecular flexibility index (Phi) is 4.40. The molecular weight excluding hydrogens is 424 g/mol. The van der Waals surface area contributed by atoms with Crippen LogP contribution in [0.15, 0.2) is 47.6 Å². The second-order valence-electron chi connectivity index (χ2n) is 8.96. The SMILES string of the molecule is COc1ccc(N2C(=O)[C@H]3[C@@H]4C[C@H]([C@H]5C(c6ccc(OC)cc6OC)=NO[C@H]45)[C@@H]3C2=O)cc1. The van der Waals surface area contributed by atoms with E-state index in [4.69, 9.17) is 19.0 Å². The molecule has 0 spiro atoms. The summed E-state index contributed by atoms with van der Waals surface area (Å²) in [5, 5.41) is 4.41. The van der Waals surface area contributed by atoms with Gasteiger partial charge in [0.25, 0.3) is 0 Å². The van der Waals surface area contributed by atoms with Gasteiger partial charge in [0.2, 0.25) is 11.8 Å². The number of fused-ring (bicyclic) bond motifs is 8. The number of hydrogen-bond donors (Lipinski definition) is 0. The molecule has 2 saturated carbocycles. The maximum atomic E-state index is 13.5. The zero-order valence-electron chi connectivity index (χ0n) is 18.6. The van der Waals surface area contributed by atoms with Crippen LogP contribution in [0, 0.1) is 29.6 Å². The minimum absolute atomic E-state index is 0.00208. The van der Waals surface area contributed by atoms with E-state index in [9.17, 15) is 9.59 Å². The maximum absolute atomic E-state index is 13.5. The number of rotatable bonds is 5. The molecule has 6 rings (SSSR count). The normalized spacial score (nSPS) is 31.2. The van der Waals surface area contributed by atoms with Crippen LogP contribution in [0.25, 0.3) is 0 Å². The molecule has 4 aliphatic rings. The molecule has 2 amide bonds. The summed E-state index contributed by atoms with van der Waals surface area (Å²) >= 11 is 0. The van der Waals surface area contributed by atoms with Crippen molar-refractivity contribution in [1.82, 2.24) is 0 Å². The van der Waals surface area contributed by atoms with Gasteiger partial charge in [0.15, 0.2) is 0 Å². The van der Waals surface area contributed by atoms with E-state index in [1.807, 2.05) is 18.2 Å². The van der Waals surface area contributed by atoms with Crippen molar-refractivity contribution in [1.29, 1.82) is 0 Å². The summed E-state index contributed by atoms with van der Waals surface area (Å²) < 4.78 is 16.1. The molecule has 0 aromatic heterocycles. The van der Waals surface area contributed by atoms with Crippen LogP contribution in [-0.4, -0.2) is 45.0 Å². The summed E-state index contributed by atoms with van der Waals surface area (Å²) in [6, 6.07) is 12.6. The van der Waals surface area contributed by atoms with E-state index in [0.717, 1.165) is 17.7 Å². The van der Waals surface area contributed by atoms with Crippen LogP contribution in [0.5, 0.6) is 17.2 Å². The van der Waals surface area contributed by atoms with E-state index >= 15 is 0 Å². The van der Waals surface area contributed by atoms with Crippen LogP contribution in [0.1, 0.15) is 12.0 Å². The van der Waals surface area contributed by atoms with Gasteiger partial charge < -0.3 is 19.0 Å². The fraction of sp³-hybridized carbons (Fsp3) is 0.400. The highest BCUT2D eigenvalue weighted by Gasteiger charge is 2.70. The van der Waals surface area contributed by atoms with Crippen molar-refractivity contribution in [2.45, 2.75) is 12.5 Å². The first-order valence-corrected chi connectivity index (χ1v) is 11.0. The summed E-state index contributed by atoms with van der Waals surface area (Å²) in [5.41, 5.74) is 2.20. The van der Waals surface area contributed by atoms with Crippen molar-refractivity contribution in [2.75, 3.05) is 26.2 Å². The van der Waals surface area contributed by atoms with Crippen LogP contribution in [0.2, 0.25) is 0 Å². The van der Waals surface area contributed by atoms with Gasteiger partial charge in [-0.2, -0.15) is 0 Å². The molecule has 0 N–H and O–H groups in total. The van der Waals surface area contributed by atoms with Gasteiger partial charge in [0.1, 0.15) is 23.4 Å². The third kappa shape index (κ3) is 2.66. The number of amides is 2. The predicted molar refractivity (Wildman–Crippen MR) is 119 cm³/mol. The van der Waals surface area contributed by atoms with E-state index in [0.29, 0.717) is 22.9 Å². The van der Waals surface area contributed by atoms with Gasteiger partial charge in [-0.15, -0.1) is 0 Å². The second kappa shape index (κ2) is 7.23. The first-order valence-electron chi connectivity index (χ1n) is 11.0. The Morgan fingerprint density at radius 1 is 0.848 bits per heavy atom.